The number of benzene rings is 5. The van der Waals surface area contributed by atoms with Crippen LogP contribution in [0.25, 0.3) is 10.8 Å². The minimum atomic E-state index is -4.83. The van der Waals surface area contributed by atoms with Gasteiger partial charge in [-0.05, 0) is 84.6 Å². The lowest BCUT2D eigenvalue weighted by Gasteiger charge is -2.18. The maximum absolute atomic E-state index is 12.8. The van der Waals surface area contributed by atoms with Crippen molar-refractivity contribution in [3.05, 3.63) is 96.6 Å². The fourth-order valence-corrected chi connectivity index (χ4v) is 7.15. The zero-order valence-corrected chi connectivity index (χ0v) is 28.7. The molecule has 0 atom stereocenters. The standard InChI is InChI=1S/C34H34N6O7S2/c1-5-40(6-2)48(42,43)27-15-12-25(13-16-27)36-37-29-21-31(47-4)30(18-22(29)3)38-39-33-32(49(44,45)46)20-23-19-26(14-17-28(23)34(33)41)35-24-10-8-7-9-11-24/h7-21,35,41H,5-6H2,1-4H3,(H,44,45,46). The highest BCUT2D eigenvalue weighted by molar-refractivity contribution is 7.89. The SMILES string of the molecule is CCN(CC)S(=O)(=O)c1ccc(N=Nc2cc(OC)c(N=Nc3c(S(=O)(=O)O)cc4cc(Nc5ccccc5)ccc4c3O)cc2C)cc1. The number of nitrogens with zero attached hydrogens (tertiary/aromatic N) is 5. The Morgan fingerprint density at radius 3 is 2.08 bits per heavy atom. The molecule has 5 aromatic carbocycles. The van der Waals surface area contributed by atoms with E-state index in [0.717, 1.165) is 5.69 Å². The van der Waals surface area contributed by atoms with Gasteiger partial charge >= 0.3 is 0 Å². The third kappa shape index (κ3) is 7.76. The van der Waals surface area contributed by atoms with Gasteiger partial charge < -0.3 is 15.2 Å². The summed E-state index contributed by atoms with van der Waals surface area (Å²) in [5, 5.41) is 31.7. The first-order valence-electron chi connectivity index (χ1n) is 15.1. The molecule has 5 aromatic rings. The molecule has 15 heteroatoms. The number of sulfonamides is 1. The van der Waals surface area contributed by atoms with E-state index < -0.39 is 36.5 Å². The van der Waals surface area contributed by atoms with E-state index in [9.17, 15) is 26.5 Å². The van der Waals surface area contributed by atoms with Crippen molar-refractivity contribution in [3.63, 3.8) is 0 Å². The maximum Gasteiger partial charge on any atom is 0.296 e. The predicted octanol–water partition coefficient (Wildman–Crippen LogP) is 8.71. The number of rotatable bonds is 12. The van der Waals surface area contributed by atoms with Crippen LogP contribution in [-0.2, 0) is 20.1 Å². The van der Waals surface area contributed by atoms with Gasteiger partial charge in [0.2, 0.25) is 10.0 Å². The monoisotopic (exact) mass is 702 g/mol. The van der Waals surface area contributed by atoms with Crippen molar-refractivity contribution in [3.8, 4) is 11.5 Å². The summed E-state index contributed by atoms with van der Waals surface area (Å²) < 4.78 is 67.3. The van der Waals surface area contributed by atoms with Crippen molar-refractivity contribution in [2.24, 2.45) is 20.5 Å². The molecule has 0 amide bonds. The largest absolute Gasteiger partial charge is 0.505 e. The average Bonchev–Trinajstić information content (AvgIpc) is 3.08. The summed E-state index contributed by atoms with van der Waals surface area (Å²) in [6.07, 6.45) is 0. The summed E-state index contributed by atoms with van der Waals surface area (Å²) in [5.41, 5.74) is 2.63. The lowest BCUT2D eigenvalue weighted by atomic mass is 10.1. The molecular weight excluding hydrogens is 669 g/mol. The van der Waals surface area contributed by atoms with E-state index >= 15 is 0 Å². The molecule has 13 nitrogen and oxygen atoms in total. The normalized spacial score (nSPS) is 12.4. The number of methoxy groups -OCH3 is 1. The van der Waals surface area contributed by atoms with Crippen LogP contribution in [0.15, 0.2) is 121 Å². The Morgan fingerprint density at radius 1 is 0.776 bits per heavy atom. The quantitative estimate of drug-likeness (QED) is 0.0852. The number of hydrogen-bond donors (Lipinski definition) is 3. The number of nitrogens with one attached hydrogen (secondary N) is 1. The highest BCUT2D eigenvalue weighted by Gasteiger charge is 2.23. The third-order valence-electron chi connectivity index (χ3n) is 7.60. The number of phenolic OH excluding ortho intramolecular Hbond substituents is 1. The van der Waals surface area contributed by atoms with Crippen LogP contribution in [0, 0.1) is 6.92 Å². The van der Waals surface area contributed by atoms with E-state index in [1.54, 1.807) is 63.2 Å². The molecule has 0 unspecified atom stereocenters. The average molecular weight is 703 g/mol. The molecule has 0 aliphatic carbocycles. The first kappa shape index (κ1) is 35.1. The molecule has 0 aromatic heterocycles. The van der Waals surface area contributed by atoms with Gasteiger partial charge in [-0.1, -0.05) is 32.0 Å². The Bertz CT molecular complexity index is 2270. The second-order valence-electron chi connectivity index (χ2n) is 10.8. The molecule has 0 spiro atoms. The fraction of sp³-hybridized carbons (Fsp3) is 0.176. The van der Waals surface area contributed by atoms with Crippen LogP contribution >= 0.6 is 0 Å². The van der Waals surface area contributed by atoms with E-state index in [1.165, 1.54) is 29.6 Å². The zero-order chi connectivity index (χ0) is 35.3. The molecule has 0 aliphatic heterocycles. The third-order valence-corrected chi connectivity index (χ3v) is 10.5. The van der Waals surface area contributed by atoms with Crippen molar-refractivity contribution in [2.45, 2.75) is 30.6 Å². The molecule has 0 saturated heterocycles. The summed E-state index contributed by atoms with van der Waals surface area (Å²) in [4.78, 5) is -0.475. The summed E-state index contributed by atoms with van der Waals surface area (Å²) >= 11 is 0. The number of fused-ring (bicyclic) bond motifs is 1. The number of ether oxygens (including phenoxy) is 1. The van der Waals surface area contributed by atoms with E-state index in [0.29, 0.717) is 41.1 Å². The molecule has 3 N–H and O–H groups in total. The van der Waals surface area contributed by atoms with Crippen LogP contribution in [0.3, 0.4) is 0 Å². The molecule has 0 heterocycles. The number of azo groups is 2. The molecule has 254 valence electrons. The number of aryl methyl sites for hydroxylation is 1. The fourth-order valence-electron chi connectivity index (χ4n) is 5.04. The number of anilines is 2. The number of para-hydroxylation sites is 1. The molecule has 49 heavy (non-hydrogen) atoms. The first-order valence-corrected chi connectivity index (χ1v) is 17.9. The van der Waals surface area contributed by atoms with Crippen LogP contribution in [0.4, 0.5) is 34.1 Å². The van der Waals surface area contributed by atoms with Crippen molar-refractivity contribution < 1.29 is 31.2 Å². The minimum absolute atomic E-state index is 0.155. The number of phenols is 1. The van der Waals surface area contributed by atoms with Gasteiger partial charge in [-0.2, -0.15) is 23.0 Å². The summed E-state index contributed by atoms with van der Waals surface area (Å²) in [7, 11) is -7.04. The van der Waals surface area contributed by atoms with Crippen molar-refractivity contribution in [2.75, 3.05) is 25.5 Å². The molecule has 0 bridgehead atoms. The van der Waals surface area contributed by atoms with Gasteiger partial charge in [0.1, 0.15) is 22.0 Å². The Hall–Kier alpha value is -5.22. The van der Waals surface area contributed by atoms with E-state index in [-0.39, 0.29) is 21.7 Å². The summed E-state index contributed by atoms with van der Waals surface area (Å²) in [5.74, 6) is -0.272. The smallest absolute Gasteiger partial charge is 0.296 e. The molecule has 0 radical (unpaired) electrons. The molecular formula is C34H34N6O7S2. The van der Waals surface area contributed by atoms with Crippen LogP contribution in [0.1, 0.15) is 19.4 Å². The van der Waals surface area contributed by atoms with Crippen LogP contribution in [0.5, 0.6) is 11.5 Å². The van der Waals surface area contributed by atoms with Gasteiger partial charge in [0.15, 0.2) is 5.75 Å². The van der Waals surface area contributed by atoms with Gasteiger partial charge in [0, 0.05) is 35.9 Å². The second-order valence-corrected chi connectivity index (χ2v) is 14.1. The van der Waals surface area contributed by atoms with Crippen molar-refractivity contribution in [1.82, 2.24) is 4.31 Å². The second kappa shape index (κ2) is 14.5. The minimum Gasteiger partial charge on any atom is -0.505 e. The molecule has 5 rings (SSSR count). The van der Waals surface area contributed by atoms with Gasteiger partial charge in [0.05, 0.1) is 23.4 Å². The molecule has 0 aliphatic rings. The highest BCUT2D eigenvalue weighted by atomic mass is 32.2. The van der Waals surface area contributed by atoms with Crippen LogP contribution in [-0.4, -0.2) is 51.0 Å². The van der Waals surface area contributed by atoms with E-state index in [2.05, 4.69) is 25.8 Å². The van der Waals surface area contributed by atoms with Gasteiger partial charge in [-0.25, -0.2) is 8.42 Å². The van der Waals surface area contributed by atoms with E-state index in [1.807, 2.05) is 30.3 Å². The topological polar surface area (TPSA) is 183 Å². The molecule has 0 fully saturated rings. The number of aromatic hydroxyl groups is 1. The van der Waals surface area contributed by atoms with Crippen LogP contribution < -0.4 is 10.1 Å². The number of hydrogen-bond acceptors (Lipinski definition) is 11. The first-order chi connectivity index (χ1) is 23.3. The van der Waals surface area contributed by atoms with E-state index in [4.69, 9.17) is 4.74 Å². The summed E-state index contributed by atoms with van der Waals surface area (Å²) in [6.45, 7) is 6.01. The van der Waals surface area contributed by atoms with Crippen molar-refractivity contribution in [1.29, 1.82) is 0 Å². The maximum atomic E-state index is 12.8. The lowest BCUT2D eigenvalue weighted by molar-refractivity contribution is 0.416. The Kier molecular flexibility index (Phi) is 10.4. The Morgan fingerprint density at radius 2 is 1.45 bits per heavy atom. The van der Waals surface area contributed by atoms with Gasteiger partial charge in [-0.15, -0.1) is 10.2 Å². The van der Waals surface area contributed by atoms with Crippen LogP contribution in [0.2, 0.25) is 0 Å². The van der Waals surface area contributed by atoms with Gasteiger partial charge in [0.25, 0.3) is 10.1 Å². The molecule has 0 saturated carbocycles. The zero-order valence-electron chi connectivity index (χ0n) is 27.1. The predicted molar refractivity (Wildman–Crippen MR) is 188 cm³/mol. The highest BCUT2D eigenvalue weighted by Crippen LogP contribution is 2.43. The lowest BCUT2D eigenvalue weighted by Crippen LogP contribution is -2.30. The van der Waals surface area contributed by atoms with Gasteiger partial charge in [-0.3, -0.25) is 4.55 Å². The Labute approximate surface area is 284 Å². The van der Waals surface area contributed by atoms with Crippen molar-refractivity contribution >= 4 is 65.0 Å². The Balaban J connectivity index is 1.45. The summed E-state index contributed by atoms with van der Waals surface area (Å²) in [6, 6.07) is 24.7.